The van der Waals surface area contributed by atoms with Gasteiger partial charge in [-0.15, -0.1) is 0 Å². The first-order valence-corrected chi connectivity index (χ1v) is 8.98. The van der Waals surface area contributed by atoms with Crippen LogP contribution in [0, 0.1) is 0 Å². The third kappa shape index (κ3) is 4.89. The molecule has 0 spiro atoms. The van der Waals surface area contributed by atoms with Crippen LogP contribution in [0.1, 0.15) is 37.7 Å². The summed E-state index contributed by atoms with van der Waals surface area (Å²) in [6, 6.07) is 10.1. The minimum atomic E-state index is -3.20. The molecule has 4 nitrogen and oxygen atoms in total. The van der Waals surface area contributed by atoms with Crippen LogP contribution in [0.4, 0.5) is 0 Å². The number of hydrogen-bond donors (Lipinski definition) is 2. The molecule has 2 unspecified atom stereocenters. The summed E-state index contributed by atoms with van der Waals surface area (Å²) in [6.07, 6.45) is 3.22. The first kappa shape index (κ1) is 15.5. The monoisotopic (exact) mass is 296 g/mol. The molecule has 0 aliphatic carbocycles. The van der Waals surface area contributed by atoms with Crippen LogP contribution in [0.3, 0.4) is 0 Å². The van der Waals surface area contributed by atoms with Crippen LogP contribution >= 0.6 is 0 Å². The summed E-state index contributed by atoms with van der Waals surface area (Å²) in [6.45, 7) is 3.43. The van der Waals surface area contributed by atoms with Crippen LogP contribution in [-0.4, -0.2) is 33.3 Å². The lowest BCUT2D eigenvalue weighted by Gasteiger charge is -2.23. The SMILES string of the molecule is CC(CNS(=O)(=O)CC1CCCCN1)c1ccccc1. The number of hydrogen-bond acceptors (Lipinski definition) is 3. The van der Waals surface area contributed by atoms with Gasteiger partial charge in [0.1, 0.15) is 0 Å². The van der Waals surface area contributed by atoms with Gasteiger partial charge in [0, 0.05) is 12.6 Å². The van der Waals surface area contributed by atoms with Gasteiger partial charge in [0.05, 0.1) is 5.75 Å². The molecule has 1 aromatic rings. The molecule has 2 N–H and O–H groups in total. The Kier molecular flexibility index (Phi) is 5.57. The molecule has 112 valence electrons. The van der Waals surface area contributed by atoms with Gasteiger partial charge in [0.15, 0.2) is 0 Å². The van der Waals surface area contributed by atoms with Crippen LogP contribution in [0.25, 0.3) is 0 Å². The topological polar surface area (TPSA) is 58.2 Å². The second-order valence-electron chi connectivity index (χ2n) is 5.59. The van der Waals surface area contributed by atoms with Crippen molar-refractivity contribution in [3.63, 3.8) is 0 Å². The molecule has 1 fully saturated rings. The fourth-order valence-electron chi connectivity index (χ4n) is 2.54. The van der Waals surface area contributed by atoms with E-state index >= 15 is 0 Å². The lowest BCUT2D eigenvalue weighted by atomic mass is 10.0. The maximum Gasteiger partial charge on any atom is 0.213 e. The smallest absolute Gasteiger partial charge is 0.213 e. The van der Waals surface area contributed by atoms with Crippen molar-refractivity contribution < 1.29 is 8.42 Å². The Labute approximate surface area is 122 Å². The molecule has 0 saturated carbocycles. The number of nitrogens with one attached hydrogen (secondary N) is 2. The van der Waals surface area contributed by atoms with E-state index in [1.165, 1.54) is 0 Å². The first-order chi connectivity index (χ1) is 9.57. The van der Waals surface area contributed by atoms with Crippen molar-refractivity contribution in [1.82, 2.24) is 10.0 Å². The molecule has 1 aromatic carbocycles. The predicted octanol–water partition coefficient (Wildman–Crippen LogP) is 1.85. The van der Waals surface area contributed by atoms with Crippen molar-refractivity contribution in [2.45, 2.75) is 38.1 Å². The standard InChI is InChI=1S/C15H24N2O2S/c1-13(14-7-3-2-4-8-14)11-17-20(18,19)12-15-9-5-6-10-16-15/h2-4,7-8,13,15-17H,5-6,9-12H2,1H3. The summed E-state index contributed by atoms with van der Waals surface area (Å²) in [4.78, 5) is 0. The van der Waals surface area contributed by atoms with E-state index in [9.17, 15) is 8.42 Å². The highest BCUT2D eigenvalue weighted by Gasteiger charge is 2.21. The van der Waals surface area contributed by atoms with Crippen molar-refractivity contribution in [2.75, 3.05) is 18.8 Å². The molecule has 0 bridgehead atoms. The molecular formula is C15H24N2O2S. The minimum absolute atomic E-state index is 0.105. The van der Waals surface area contributed by atoms with Crippen LogP contribution < -0.4 is 10.0 Å². The molecule has 2 rings (SSSR count). The van der Waals surface area contributed by atoms with Crippen LogP contribution in [0.2, 0.25) is 0 Å². The maximum absolute atomic E-state index is 12.1. The third-order valence-electron chi connectivity index (χ3n) is 3.81. The highest BCUT2D eigenvalue weighted by molar-refractivity contribution is 7.89. The number of sulfonamides is 1. The molecule has 0 amide bonds. The molecule has 1 heterocycles. The average molecular weight is 296 g/mol. The maximum atomic E-state index is 12.1. The Bertz CT molecular complexity index is 496. The van der Waals surface area contributed by atoms with Crippen molar-refractivity contribution in [1.29, 1.82) is 0 Å². The summed E-state index contributed by atoms with van der Waals surface area (Å²) < 4.78 is 26.9. The van der Waals surface area contributed by atoms with Crippen LogP contribution in [-0.2, 0) is 10.0 Å². The molecule has 5 heteroatoms. The van der Waals surface area contributed by atoms with Gasteiger partial charge in [0.25, 0.3) is 0 Å². The van der Waals surface area contributed by atoms with Crippen LogP contribution in [0.5, 0.6) is 0 Å². The summed E-state index contributed by atoms with van der Waals surface area (Å²) in [5, 5.41) is 3.28. The van der Waals surface area contributed by atoms with Crippen molar-refractivity contribution in [2.24, 2.45) is 0 Å². The highest BCUT2D eigenvalue weighted by Crippen LogP contribution is 2.14. The Morgan fingerprint density at radius 1 is 1.30 bits per heavy atom. The fourth-order valence-corrected chi connectivity index (χ4v) is 3.98. The zero-order chi connectivity index (χ0) is 14.4. The predicted molar refractivity (Wildman–Crippen MR) is 82.3 cm³/mol. The van der Waals surface area contributed by atoms with E-state index in [-0.39, 0.29) is 17.7 Å². The summed E-state index contributed by atoms with van der Waals surface area (Å²) in [7, 11) is -3.20. The van der Waals surface area contributed by atoms with Gasteiger partial charge in [-0.2, -0.15) is 0 Å². The second-order valence-corrected chi connectivity index (χ2v) is 7.44. The quantitative estimate of drug-likeness (QED) is 0.842. The molecular weight excluding hydrogens is 272 g/mol. The zero-order valence-electron chi connectivity index (χ0n) is 12.0. The third-order valence-corrected chi connectivity index (χ3v) is 5.26. The van der Waals surface area contributed by atoms with Gasteiger partial charge in [-0.3, -0.25) is 0 Å². The normalized spacial score (nSPS) is 21.6. The van der Waals surface area contributed by atoms with E-state index in [0.717, 1.165) is 31.4 Å². The Balaban J connectivity index is 1.82. The number of benzene rings is 1. The number of piperidine rings is 1. The summed E-state index contributed by atoms with van der Waals surface area (Å²) >= 11 is 0. The van der Waals surface area contributed by atoms with E-state index < -0.39 is 10.0 Å². The van der Waals surface area contributed by atoms with E-state index in [4.69, 9.17) is 0 Å². The molecule has 1 aliphatic rings. The van der Waals surface area contributed by atoms with Gasteiger partial charge in [0.2, 0.25) is 10.0 Å². The molecule has 20 heavy (non-hydrogen) atoms. The second kappa shape index (κ2) is 7.20. The number of rotatable bonds is 6. The van der Waals surface area contributed by atoms with Crippen LogP contribution in [0.15, 0.2) is 30.3 Å². The average Bonchev–Trinajstić information content (AvgIpc) is 2.46. The fraction of sp³-hybridized carbons (Fsp3) is 0.600. The lowest BCUT2D eigenvalue weighted by Crippen LogP contribution is -2.43. The van der Waals surface area contributed by atoms with E-state index in [0.29, 0.717) is 6.54 Å². The Hall–Kier alpha value is -0.910. The van der Waals surface area contributed by atoms with Crippen molar-refractivity contribution in [3.8, 4) is 0 Å². The zero-order valence-corrected chi connectivity index (χ0v) is 12.8. The first-order valence-electron chi connectivity index (χ1n) is 7.32. The Morgan fingerprint density at radius 2 is 2.05 bits per heavy atom. The molecule has 0 radical (unpaired) electrons. The molecule has 2 atom stereocenters. The molecule has 1 aliphatic heterocycles. The van der Waals surface area contributed by atoms with E-state index in [2.05, 4.69) is 10.0 Å². The van der Waals surface area contributed by atoms with E-state index in [1.807, 2.05) is 37.3 Å². The van der Waals surface area contributed by atoms with Gasteiger partial charge in [-0.25, -0.2) is 13.1 Å². The van der Waals surface area contributed by atoms with E-state index in [1.54, 1.807) is 0 Å². The van der Waals surface area contributed by atoms with Gasteiger partial charge >= 0.3 is 0 Å². The van der Waals surface area contributed by atoms with Gasteiger partial charge in [-0.05, 0) is 30.9 Å². The highest BCUT2D eigenvalue weighted by atomic mass is 32.2. The molecule has 1 saturated heterocycles. The summed E-state index contributed by atoms with van der Waals surface area (Å²) in [5.41, 5.74) is 1.16. The molecule has 0 aromatic heterocycles. The van der Waals surface area contributed by atoms with Crippen molar-refractivity contribution in [3.05, 3.63) is 35.9 Å². The Morgan fingerprint density at radius 3 is 2.70 bits per heavy atom. The summed E-state index contributed by atoms with van der Waals surface area (Å²) in [5.74, 6) is 0.374. The minimum Gasteiger partial charge on any atom is -0.313 e. The lowest BCUT2D eigenvalue weighted by molar-refractivity contribution is 0.422. The van der Waals surface area contributed by atoms with Gasteiger partial charge < -0.3 is 5.32 Å². The van der Waals surface area contributed by atoms with Crippen molar-refractivity contribution >= 4 is 10.0 Å². The largest absolute Gasteiger partial charge is 0.313 e. The van der Waals surface area contributed by atoms with Gasteiger partial charge in [-0.1, -0.05) is 43.7 Å².